The molecule has 0 aromatic carbocycles. The number of pyridine rings is 1. The van der Waals surface area contributed by atoms with Gasteiger partial charge in [0.25, 0.3) is 0 Å². The molecule has 4 heteroatoms. The predicted molar refractivity (Wildman–Crippen MR) is 133 cm³/mol. The molecule has 2 aliphatic rings. The van der Waals surface area contributed by atoms with Crippen LogP contribution in [0, 0.1) is 5.92 Å². The van der Waals surface area contributed by atoms with Gasteiger partial charge in [-0.3, -0.25) is 4.79 Å². The number of hydrogen-bond acceptors (Lipinski definition) is 3. The van der Waals surface area contributed by atoms with Crippen LogP contribution in [-0.2, 0) is 4.79 Å². The number of nitrogens with zero attached hydrogens (tertiary/aromatic N) is 1. The summed E-state index contributed by atoms with van der Waals surface area (Å²) in [5.74, 6) is 0.247. The predicted octanol–water partition coefficient (Wildman–Crippen LogP) is 7.83. The molecular weight excluding hydrogens is 400 g/mol. The van der Waals surface area contributed by atoms with Crippen LogP contribution in [0.3, 0.4) is 0 Å². The lowest BCUT2D eigenvalue weighted by Gasteiger charge is -2.19. The van der Waals surface area contributed by atoms with E-state index in [9.17, 15) is 4.79 Å². The van der Waals surface area contributed by atoms with Crippen LogP contribution in [-0.4, -0.2) is 10.9 Å². The highest BCUT2D eigenvalue weighted by atomic mass is 32.1. The van der Waals surface area contributed by atoms with E-state index in [4.69, 9.17) is 0 Å². The first kappa shape index (κ1) is 21.8. The Morgan fingerprint density at radius 2 is 1.58 bits per heavy atom. The first-order valence-electron chi connectivity index (χ1n) is 11.7. The number of fused-ring (bicyclic) bond motifs is 1. The van der Waals surface area contributed by atoms with Crippen LogP contribution in [0.1, 0.15) is 69.8 Å². The molecule has 0 unspecified atom stereocenters. The summed E-state index contributed by atoms with van der Waals surface area (Å²) in [4.78, 5) is 19.0. The van der Waals surface area contributed by atoms with Crippen molar-refractivity contribution in [1.82, 2.24) is 4.98 Å². The molecule has 1 saturated carbocycles. The molecule has 31 heavy (non-hydrogen) atoms. The maximum Gasteiger partial charge on any atom is 0.227 e. The summed E-state index contributed by atoms with van der Waals surface area (Å²) in [7, 11) is 0. The number of carbonyl (C=O) groups is 1. The smallest absolute Gasteiger partial charge is 0.227 e. The van der Waals surface area contributed by atoms with E-state index >= 15 is 0 Å². The number of carbonyl (C=O) groups excluding carboxylic acids is 1. The second kappa shape index (κ2) is 11.2. The summed E-state index contributed by atoms with van der Waals surface area (Å²) < 4.78 is 0. The SMILES string of the molecule is O=C(Nc1cnc2sccc2c1C1=C/C=C\C=C/C=C1)C1CCCCCCCCCC1. The standard InChI is InChI=1S/C27H32N2OS/c30-26(22-16-12-6-3-1-2-4-7-13-17-22)29-24-20-28-27-23(18-19-31-27)25(24)21-14-10-8-5-9-11-15-21/h5,8-11,14-15,18-20,22H,1-4,6-7,12-13,16-17H2,(H,29,30)/b8-5-,9-5?,10-8?,11-9-,14-10?,15-11?,21-14?,21-15?. The Morgan fingerprint density at radius 1 is 0.903 bits per heavy atom. The van der Waals surface area contributed by atoms with E-state index in [1.807, 2.05) is 36.6 Å². The molecule has 0 saturated heterocycles. The van der Waals surface area contributed by atoms with Crippen LogP contribution >= 0.6 is 11.3 Å². The largest absolute Gasteiger partial charge is 0.324 e. The Balaban J connectivity index is 1.60. The highest BCUT2D eigenvalue weighted by Crippen LogP contribution is 2.35. The van der Waals surface area contributed by atoms with Crippen molar-refractivity contribution in [2.45, 2.75) is 64.2 Å². The van der Waals surface area contributed by atoms with Crippen molar-refractivity contribution in [2.24, 2.45) is 5.92 Å². The molecule has 0 spiro atoms. The fraction of sp³-hybridized carbons (Fsp3) is 0.407. The van der Waals surface area contributed by atoms with Crippen molar-refractivity contribution >= 4 is 38.7 Å². The van der Waals surface area contributed by atoms with Gasteiger partial charge in [0.2, 0.25) is 5.91 Å². The summed E-state index contributed by atoms with van der Waals surface area (Å²) in [6.07, 6.45) is 28.3. The maximum absolute atomic E-state index is 13.3. The van der Waals surface area contributed by atoms with Gasteiger partial charge in [-0.1, -0.05) is 93.9 Å². The van der Waals surface area contributed by atoms with Gasteiger partial charge in [0, 0.05) is 16.9 Å². The number of amides is 1. The molecule has 2 heterocycles. The van der Waals surface area contributed by atoms with Crippen molar-refractivity contribution in [3.63, 3.8) is 0 Å². The minimum atomic E-state index is 0.0915. The molecule has 0 bridgehead atoms. The second-order valence-electron chi connectivity index (χ2n) is 8.53. The molecule has 162 valence electrons. The molecule has 2 aromatic rings. The van der Waals surface area contributed by atoms with Crippen LogP contribution < -0.4 is 5.32 Å². The molecular formula is C27H32N2OS. The molecule has 4 rings (SSSR count). The summed E-state index contributed by atoms with van der Waals surface area (Å²) in [6, 6.07) is 2.11. The fourth-order valence-electron chi connectivity index (χ4n) is 4.55. The minimum Gasteiger partial charge on any atom is -0.324 e. The Labute approximate surface area is 189 Å². The quantitative estimate of drug-likeness (QED) is 0.537. The van der Waals surface area contributed by atoms with E-state index in [-0.39, 0.29) is 11.8 Å². The van der Waals surface area contributed by atoms with Crippen LogP contribution in [0.15, 0.2) is 60.2 Å². The first-order valence-corrected chi connectivity index (χ1v) is 12.6. The molecule has 2 aromatic heterocycles. The van der Waals surface area contributed by atoms with Gasteiger partial charge in [-0.25, -0.2) is 4.98 Å². The number of rotatable bonds is 3. The van der Waals surface area contributed by atoms with E-state index < -0.39 is 0 Å². The van der Waals surface area contributed by atoms with E-state index in [0.29, 0.717) is 0 Å². The average molecular weight is 433 g/mol. The van der Waals surface area contributed by atoms with Gasteiger partial charge < -0.3 is 5.32 Å². The van der Waals surface area contributed by atoms with Crippen molar-refractivity contribution in [3.8, 4) is 0 Å². The second-order valence-corrected chi connectivity index (χ2v) is 9.42. The zero-order valence-electron chi connectivity index (χ0n) is 18.2. The molecule has 1 amide bonds. The third kappa shape index (κ3) is 5.82. The van der Waals surface area contributed by atoms with Crippen LogP contribution in [0.25, 0.3) is 15.8 Å². The number of aromatic nitrogens is 1. The Bertz CT molecular complexity index is 999. The van der Waals surface area contributed by atoms with Crippen LogP contribution in [0.5, 0.6) is 0 Å². The molecule has 0 atom stereocenters. The summed E-state index contributed by atoms with van der Waals surface area (Å²) >= 11 is 1.63. The number of allylic oxidation sites excluding steroid dienone is 8. The third-order valence-corrected chi connectivity index (χ3v) is 7.08. The van der Waals surface area contributed by atoms with Crippen LogP contribution in [0.4, 0.5) is 5.69 Å². The van der Waals surface area contributed by atoms with Crippen LogP contribution in [0.2, 0.25) is 0 Å². The maximum atomic E-state index is 13.3. The van der Waals surface area contributed by atoms with Gasteiger partial charge >= 0.3 is 0 Å². The molecule has 3 nitrogen and oxygen atoms in total. The fourth-order valence-corrected chi connectivity index (χ4v) is 5.29. The van der Waals surface area contributed by atoms with Gasteiger partial charge in [-0.2, -0.15) is 0 Å². The number of hydrogen-bond donors (Lipinski definition) is 1. The number of anilines is 1. The average Bonchev–Trinajstić information content (AvgIpc) is 3.20. The monoisotopic (exact) mass is 432 g/mol. The van der Waals surface area contributed by atoms with E-state index in [0.717, 1.165) is 52.7 Å². The zero-order valence-corrected chi connectivity index (χ0v) is 19.0. The highest BCUT2D eigenvalue weighted by Gasteiger charge is 2.21. The van der Waals surface area contributed by atoms with Crippen molar-refractivity contribution in [3.05, 3.63) is 65.7 Å². The highest BCUT2D eigenvalue weighted by molar-refractivity contribution is 7.16. The Morgan fingerprint density at radius 3 is 2.35 bits per heavy atom. The van der Waals surface area contributed by atoms with Crippen molar-refractivity contribution < 1.29 is 4.79 Å². The lowest BCUT2D eigenvalue weighted by Crippen LogP contribution is -2.23. The third-order valence-electron chi connectivity index (χ3n) is 6.26. The summed E-state index contributed by atoms with van der Waals surface area (Å²) in [5, 5.41) is 6.45. The number of thiophene rings is 1. The molecule has 0 aliphatic heterocycles. The zero-order chi connectivity index (χ0) is 21.3. The Kier molecular flexibility index (Phi) is 7.89. The number of nitrogens with one attached hydrogen (secondary N) is 1. The normalized spacial score (nSPS) is 20.8. The van der Waals surface area contributed by atoms with Gasteiger partial charge in [0.05, 0.1) is 11.9 Å². The topological polar surface area (TPSA) is 42.0 Å². The van der Waals surface area contributed by atoms with E-state index in [1.54, 1.807) is 11.3 Å². The lowest BCUT2D eigenvalue weighted by atomic mass is 9.94. The minimum absolute atomic E-state index is 0.0915. The van der Waals surface area contributed by atoms with Crippen molar-refractivity contribution in [2.75, 3.05) is 5.32 Å². The van der Waals surface area contributed by atoms with Crippen molar-refractivity contribution in [1.29, 1.82) is 0 Å². The van der Waals surface area contributed by atoms with E-state index in [1.165, 1.54) is 38.5 Å². The van der Waals surface area contributed by atoms with E-state index in [2.05, 4.69) is 33.9 Å². The molecule has 1 fully saturated rings. The van der Waals surface area contributed by atoms with Gasteiger partial charge in [-0.05, 0) is 29.9 Å². The molecule has 0 radical (unpaired) electrons. The van der Waals surface area contributed by atoms with Gasteiger partial charge in [0.15, 0.2) is 0 Å². The lowest BCUT2D eigenvalue weighted by molar-refractivity contribution is -0.120. The molecule has 2 aliphatic carbocycles. The Hall–Kier alpha value is -2.46. The summed E-state index contributed by atoms with van der Waals surface area (Å²) in [6.45, 7) is 0. The molecule has 1 N–H and O–H groups in total. The summed E-state index contributed by atoms with van der Waals surface area (Å²) in [5.41, 5.74) is 2.97. The van der Waals surface area contributed by atoms with Gasteiger partial charge in [-0.15, -0.1) is 11.3 Å². The van der Waals surface area contributed by atoms with Gasteiger partial charge in [0.1, 0.15) is 4.83 Å². The first-order chi connectivity index (χ1) is 15.3.